The Balaban J connectivity index is 1.73. The first-order valence-corrected chi connectivity index (χ1v) is 8.20. The van der Waals surface area contributed by atoms with Crippen LogP contribution >= 0.6 is 11.8 Å². The van der Waals surface area contributed by atoms with Gasteiger partial charge >= 0.3 is 0 Å². The van der Waals surface area contributed by atoms with Gasteiger partial charge in [-0.05, 0) is 29.3 Å². The van der Waals surface area contributed by atoms with E-state index in [2.05, 4.69) is 46.1 Å². The second-order valence-electron chi connectivity index (χ2n) is 5.43. The fourth-order valence-electron chi connectivity index (χ4n) is 3.12. The summed E-state index contributed by atoms with van der Waals surface area (Å²) < 4.78 is 2.27. The summed E-state index contributed by atoms with van der Waals surface area (Å²) in [6.07, 6.45) is 4.03. The number of benzene rings is 1. The Morgan fingerprint density at radius 2 is 2.14 bits per heavy atom. The molecular weight excluding hydrogens is 278 g/mol. The predicted octanol–water partition coefficient (Wildman–Crippen LogP) is 3.38. The van der Waals surface area contributed by atoms with Gasteiger partial charge in [0.1, 0.15) is 5.65 Å². The number of hydrogen-bond donors (Lipinski definition) is 1. The number of nitrogens with zero attached hydrogens (tertiary/aromatic N) is 2. The van der Waals surface area contributed by atoms with Crippen LogP contribution in [0.4, 0.5) is 0 Å². The van der Waals surface area contributed by atoms with Crippen LogP contribution in [0.2, 0.25) is 0 Å². The smallest absolute Gasteiger partial charge is 0.140 e. The summed E-state index contributed by atoms with van der Waals surface area (Å²) in [5, 5.41) is 1.18. The number of fused-ring (bicyclic) bond motifs is 2. The van der Waals surface area contributed by atoms with Crippen molar-refractivity contribution in [3.8, 4) is 0 Å². The minimum atomic E-state index is 0.550. The Morgan fingerprint density at radius 3 is 3.05 bits per heavy atom. The van der Waals surface area contributed by atoms with Crippen molar-refractivity contribution in [3.05, 3.63) is 59.9 Å². The zero-order valence-corrected chi connectivity index (χ0v) is 12.5. The molecule has 2 N–H and O–H groups in total. The van der Waals surface area contributed by atoms with Crippen molar-refractivity contribution in [1.82, 2.24) is 9.55 Å². The third kappa shape index (κ3) is 2.15. The van der Waals surface area contributed by atoms with Crippen molar-refractivity contribution >= 4 is 22.8 Å². The van der Waals surface area contributed by atoms with Gasteiger partial charge in [0.25, 0.3) is 0 Å². The molecule has 21 heavy (non-hydrogen) atoms. The van der Waals surface area contributed by atoms with Crippen LogP contribution in [0.25, 0.3) is 11.0 Å². The van der Waals surface area contributed by atoms with E-state index in [9.17, 15) is 0 Å². The molecule has 4 rings (SSSR count). The molecule has 0 aliphatic carbocycles. The van der Waals surface area contributed by atoms with Gasteiger partial charge in [-0.1, -0.05) is 18.2 Å². The second kappa shape index (κ2) is 5.20. The van der Waals surface area contributed by atoms with Crippen LogP contribution in [0.15, 0.2) is 53.7 Å². The van der Waals surface area contributed by atoms with Gasteiger partial charge in [0.2, 0.25) is 0 Å². The highest BCUT2D eigenvalue weighted by atomic mass is 32.2. The number of rotatable bonds is 3. The molecule has 4 heteroatoms. The Morgan fingerprint density at radius 1 is 1.24 bits per heavy atom. The third-order valence-corrected chi connectivity index (χ3v) is 5.40. The topological polar surface area (TPSA) is 43.8 Å². The Bertz CT molecular complexity index is 794. The van der Waals surface area contributed by atoms with Crippen molar-refractivity contribution in [2.75, 3.05) is 5.75 Å². The van der Waals surface area contributed by atoms with Crippen LogP contribution < -0.4 is 5.73 Å². The lowest BCUT2D eigenvalue weighted by Gasteiger charge is -2.12. The van der Waals surface area contributed by atoms with E-state index in [1.54, 1.807) is 0 Å². The zero-order valence-electron chi connectivity index (χ0n) is 11.7. The van der Waals surface area contributed by atoms with E-state index < -0.39 is 0 Å². The molecule has 0 spiro atoms. The Labute approximate surface area is 128 Å². The number of aromatic nitrogens is 2. The number of nitrogens with two attached hydrogens (primary N) is 1. The lowest BCUT2D eigenvalue weighted by molar-refractivity contribution is 0.617. The van der Waals surface area contributed by atoms with E-state index in [-0.39, 0.29) is 0 Å². The summed E-state index contributed by atoms with van der Waals surface area (Å²) in [6, 6.07) is 12.8. The molecule has 3 heterocycles. The van der Waals surface area contributed by atoms with Gasteiger partial charge in [-0.25, -0.2) is 4.98 Å². The lowest BCUT2D eigenvalue weighted by Crippen LogP contribution is -2.08. The van der Waals surface area contributed by atoms with Crippen LogP contribution in [0.3, 0.4) is 0 Å². The number of hydrogen-bond acceptors (Lipinski definition) is 3. The molecule has 3 nitrogen and oxygen atoms in total. The zero-order chi connectivity index (χ0) is 14.2. The highest BCUT2D eigenvalue weighted by molar-refractivity contribution is 7.99. The van der Waals surface area contributed by atoms with Gasteiger partial charge in [0, 0.05) is 47.4 Å². The first kappa shape index (κ1) is 12.9. The minimum absolute atomic E-state index is 0.550. The molecular formula is C17H17N3S. The molecule has 0 saturated carbocycles. The molecule has 1 aliphatic heterocycles. The summed E-state index contributed by atoms with van der Waals surface area (Å²) in [7, 11) is 0. The van der Waals surface area contributed by atoms with E-state index in [4.69, 9.17) is 5.73 Å². The predicted molar refractivity (Wildman–Crippen MR) is 87.5 cm³/mol. The molecule has 1 atom stereocenters. The molecule has 1 aliphatic rings. The van der Waals surface area contributed by atoms with Gasteiger partial charge < -0.3 is 10.3 Å². The van der Waals surface area contributed by atoms with Crippen LogP contribution in [-0.2, 0) is 13.1 Å². The molecule has 1 unspecified atom stereocenters. The molecule has 3 aromatic rings. The van der Waals surface area contributed by atoms with E-state index >= 15 is 0 Å². The first-order chi connectivity index (χ1) is 10.4. The van der Waals surface area contributed by atoms with E-state index in [0.29, 0.717) is 12.5 Å². The SMILES string of the molecule is NCc1cn(CC2CSc3ccccc32)c2ncccc12. The minimum Gasteiger partial charge on any atom is -0.332 e. The molecule has 106 valence electrons. The lowest BCUT2D eigenvalue weighted by atomic mass is 10.0. The summed E-state index contributed by atoms with van der Waals surface area (Å²) in [5.74, 6) is 1.69. The molecule has 0 saturated heterocycles. The van der Waals surface area contributed by atoms with Crippen molar-refractivity contribution in [3.63, 3.8) is 0 Å². The van der Waals surface area contributed by atoms with Crippen LogP contribution in [-0.4, -0.2) is 15.3 Å². The second-order valence-corrected chi connectivity index (χ2v) is 6.49. The Kier molecular flexibility index (Phi) is 3.20. The monoisotopic (exact) mass is 295 g/mol. The maximum absolute atomic E-state index is 5.87. The molecule has 0 bridgehead atoms. The van der Waals surface area contributed by atoms with E-state index in [1.807, 2.05) is 24.0 Å². The highest BCUT2D eigenvalue weighted by Gasteiger charge is 2.23. The quantitative estimate of drug-likeness (QED) is 0.805. The molecule has 0 radical (unpaired) electrons. The van der Waals surface area contributed by atoms with E-state index in [0.717, 1.165) is 17.9 Å². The summed E-state index contributed by atoms with van der Waals surface area (Å²) in [4.78, 5) is 5.97. The molecule has 2 aromatic heterocycles. The van der Waals surface area contributed by atoms with Gasteiger partial charge in [-0.15, -0.1) is 11.8 Å². The van der Waals surface area contributed by atoms with Crippen LogP contribution in [0, 0.1) is 0 Å². The maximum atomic E-state index is 5.87. The van der Waals surface area contributed by atoms with Crippen molar-refractivity contribution in [2.45, 2.75) is 23.9 Å². The van der Waals surface area contributed by atoms with Gasteiger partial charge in [-0.3, -0.25) is 0 Å². The first-order valence-electron chi connectivity index (χ1n) is 7.21. The van der Waals surface area contributed by atoms with Crippen molar-refractivity contribution in [2.24, 2.45) is 5.73 Å². The third-order valence-electron chi connectivity index (χ3n) is 4.15. The average Bonchev–Trinajstić information content (AvgIpc) is 3.10. The van der Waals surface area contributed by atoms with Crippen molar-refractivity contribution < 1.29 is 0 Å². The van der Waals surface area contributed by atoms with Crippen molar-refractivity contribution in [1.29, 1.82) is 0 Å². The largest absolute Gasteiger partial charge is 0.332 e. The Hall–Kier alpha value is -1.78. The van der Waals surface area contributed by atoms with Gasteiger partial charge in [0.05, 0.1) is 0 Å². The molecule has 1 aromatic carbocycles. The fraction of sp³-hybridized carbons (Fsp3) is 0.235. The maximum Gasteiger partial charge on any atom is 0.140 e. The summed E-state index contributed by atoms with van der Waals surface area (Å²) in [5.41, 5.74) is 9.56. The molecule has 0 amide bonds. The summed E-state index contributed by atoms with van der Waals surface area (Å²) in [6.45, 7) is 1.53. The standard InChI is InChI=1S/C17H17N3S/c18-8-12-9-20(17-15(12)5-3-7-19-17)10-13-11-21-16-6-2-1-4-14(13)16/h1-7,9,13H,8,10-11,18H2. The fourth-order valence-corrected chi connectivity index (χ4v) is 4.36. The highest BCUT2D eigenvalue weighted by Crippen LogP contribution is 2.40. The van der Waals surface area contributed by atoms with Crippen LogP contribution in [0.1, 0.15) is 17.0 Å². The normalized spacial score (nSPS) is 17.3. The number of pyridine rings is 1. The van der Waals surface area contributed by atoms with Gasteiger partial charge in [-0.2, -0.15) is 0 Å². The average molecular weight is 295 g/mol. The number of thioether (sulfide) groups is 1. The van der Waals surface area contributed by atoms with Crippen LogP contribution in [0.5, 0.6) is 0 Å². The van der Waals surface area contributed by atoms with E-state index in [1.165, 1.54) is 21.4 Å². The van der Waals surface area contributed by atoms with Gasteiger partial charge in [0.15, 0.2) is 0 Å². The summed E-state index contributed by atoms with van der Waals surface area (Å²) >= 11 is 1.95. The molecule has 0 fully saturated rings.